The van der Waals surface area contributed by atoms with Gasteiger partial charge in [-0.15, -0.1) is 0 Å². The Morgan fingerprint density at radius 3 is 2.70 bits per heavy atom. The minimum absolute atomic E-state index is 0.184. The van der Waals surface area contributed by atoms with E-state index in [1.54, 1.807) is 31.4 Å². The zero-order chi connectivity index (χ0) is 16.4. The maximum Gasteiger partial charge on any atom is 0.254 e. The third kappa shape index (κ3) is 3.08. The normalized spacial score (nSPS) is 11.7. The Balaban J connectivity index is 2.28. The van der Waals surface area contributed by atoms with Crippen molar-refractivity contribution < 1.29 is 13.9 Å². The quantitative estimate of drug-likeness (QED) is 0.807. The molecule has 1 amide bonds. The molecule has 0 aliphatic rings. The summed E-state index contributed by atoms with van der Waals surface area (Å²) in [5.74, 6) is 0.0763. The minimum Gasteiger partial charge on any atom is -0.497 e. The fraction of sp³-hybridized carbons (Fsp3) is 0.111. The maximum absolute atomic E-state index is 11.7. The number of amides is 1. The first-order chi connectivity index (χ1) is 11.1. The van der Waals surface area contributed by atoms with Crippen molar-refractivity contribution in [2.45, 2.75) is 6.92 Å². The van der Waals surface area contributed by atoms with Gasteiger partial charge in [0.2, 0.25) is 5.55 Å². The number of aryl methyl sites for hydroxylation is 1. The number of fused-ring (bicyclic) bond motifs is 1. The van der Waals surface area contributed by atoms with E-state index in [-0.39, 0.29) is 11.1 Å². The second kappa shape index (κ2) is 5.96. The standard InChI is InChI=1S/C18H16N2O3/c1-11-4-3-5-13(8-11)20-18-15(17(19)21)9-12-6-7-14(22-2)10-16(12)23-18/h3-10H,1-2H3,(H2,19,21). The summed E-state index contributed by atoms with van der Waals surface area (Å²) in [5.41, 5.74) is 8.21. The van der Waals surface area contributed by atoms with E-state index >= 15 is 0 Å². The van der Waals surface area contributed by atoms with E-state index in [1.165, 1.54) is 0 Å². The second-order valence-electron chi connectivity index (χ2n) is 5.18. The van der Waals surface area contributed by atoms with Crippen LogP contribution in [0.2, 0.25) is 0 Å². The predicted molar refractivity (Wildman–Crippen MR) is 87.7 cm³/mol. The summed E-state index contributed by atoms with van der Waals surface area (Å²) >= 11 is 0. The number of ether oxygens (including phenoxy) is 1. The van der Waals surface area contributed by atoms with Gasteiger partial charge in [0.15, 0.2) is 0 Å². The highest BCUT2D eigenvalue weighted by Gasteiger charge is 2.10. The number of hydrogen-bond acceptors (Lipinski definition) is 4. The molecule has 0 saturated carbocycles. The van der Waals surface area contributed by atoms with E-state index in [0.29, 0.717) is 17.0 Å². The molecule has 0 aliphatic heterocycles. The van der Waals surface area contributed by atoms with Crippen LogP contribution in [-0.4, -0.2) is 13.0 Å². The van der Waals surface area contributed by atoms with E-state index < -0.39 is 5.91 Å². The summed E-state index contributed by atoms with van der Waals surface area (Å²) in [6, 6.07) is 14.6. The molecule has 0 unspecified atom stereocenters. The monoisotopic (exact) mass is 308 g/mol. The predicted octanol–water partition coefficient (Wildman–Crippen LogP) is 3.08. The lowest BCUT2D eigenvalue weighted by molar-refractivity contribution is 0.0996. The van der Waals surface area contributed by atoms with Gasteiger partial charge in [-0.2, -0.15) is 0 Å². The number of carbonyl (C=O) groups excluding carboxylic acids is 1. The molecule has 3 rings (SSSR count). The zero-order valence-electron chi connectivity index (χ0n) is 12.9. The number of carbonyl (C=O) groups is 1. The summed E-state index contributed by atoms with van der Waals surface area (Å²) in [6.45, 7) is 1.97. The Hall–Kier alpha value is -3.08. The van der Waals surface area contributed by atoms with Gasteiger partial charge >= 0.3 is 0 Å². The molecule has 0 aliphatic carbocycles. The first kappa shape index (κ1) is 14.8. The molecule has 0 saturated heterocycles. The van der Waals surface area contributed by atoms with Gasteiger partial charge in [0.1, 0.15) is 16.9 Å². The second-order valence-corrected chi connectivity index (χ2v) is 5.18. The number of rotatable bonds is 3. The number of methoxy groups -OCH3 is 1. The summed E-state index contributed by atoms with van der Waals surface area (Å²) in [5, 5.41) is 0.753. The molecule has 1 heterocycles. The number of nitrogens with two attached hydrogens (primary N) is 1. The topological polar surface area (TPSA) is 77.8 Å². The van der Waals surface area contributed by atoms with E-state index in [0.717, 1.165) is 10.9 Å². The van der Waals surface area contributed by atoms with Crippen LogP contribution < -0.4 is 16.0 Å². The lowest BCUT2D eigenvalue weighted by Crippen LogP contribution is -2.21. The maximum atomic E-state index is 11.7. The van der Waals surface area contributed by atoms with Gasteiger partial charge in [-0.3, -0.25) is 4.79 Å². The largest absolute Gasteiger partial charge is 0.497 e. The molecule has 5 heteroatoms. The van der Waals surface area contributed by atoms with Crippen molar-refractivity contribution >= 4 is 22.6 Å². The van der Waals surface area contributed by atoms with E-state index in [9.17, 15) is 4.79 Å². The lowest BCUT2D eigenvalue weighted by Gasteiger charge is -2.04. The molecular weight excluding hydrogens is 292 g/mol. The van der Waals surface area contributed by atoms with Gasteiger partial charge in [-0.25, -0.2) is 4.99 Å². The lowest BCUT2D eigenvalue weighted by atomic mass is 10.1. The van der Waals surface area contributed by atoms with Crippen molar-refractivity contribution in [3.05, 3.63) is 65.2 Å². The molecule has 0 radical (unpaired) electrons. The minimum atomic E-state index is -0.585. The van der Waals surface area contributed by atoms with Crippen molar-refractivity contribution in [3.8, 4) is 5.75 Å². The number of nitrogens with zero attached hydrogens (tertiary/aromatic N) is 1. The molecular formula is C18H16N2O3. The molecule has 23 heavy (non-hydrogen) atoms. The van der Waals surface area contributed by atoms with E-state index in [1.807, 2.05) is 31.2 Å². The SMILES string of the molecule is COc1ccc2cc(C(N)=O)c(=Nc3cccc(C)c3)oc2c1. The third-order valence-electron chi connectivity index (χ3n) is 3.46. The summed E-state index contributed by atoms with van der Waals surface area (Å²) in [4.78, 5) is 16.1. The van der Waals surface area contributed by atoms with Gasteiger partial charge in [0.05, 0.1) is 12.8 Å². The summed E-state index contributed by atoms with van der Waals surface area (Å²) < 4.78 is 11.0. The molecule has 0 atom stereocenters. The fourth-order valence-electron chi connectivity index (χ4n) is 2.30. The van der Waals surface area contributed by atoms with Crippen molar-refractivity contribution in [2.75, 3.05) is 7.11 Å². The summed E-state index contributed by atoms with van der Waals surface area (Å²) in [6.07, 6.45) is 0. The van der Waals surface area contributed by atoms with Gasteiger partial charge in [0, 0.05) is 11.5 Å². The van der Waals surface area contributed by atoms with Crippen LogP contribution in [0.25, 0.3) is 11.0 Å². The van der Waals surface area contributed by atoms with Crippen LogP contribution in [0.15, 0.2) is 57.9 Å². The average molecular weight is 308 g/mol. The van der Waals surface area contributed by atoms with Crippen molar-refractivity contribution in [2.24, 2.45) is 10.7 Å². The van der Waals surface area contributed by atoms with Gasteiger partial charge in [-0.1, -0.05) is 12.1 Å². The Morgan fingerprint density at radius 2 is 2.00 bits per heavy atom. The first-order valence-corrected chi connectivity index (χ1v) is 7.10. The number of hydrogen-bond donors (Lipinski definition) is 1. The Kier molecular flexibility index (Phi) is 3.85. The van der Waals surface area contributed by atoms with Crippen LogP contribution >= 0.6 is 0 Å². The Bertz CT molecular complexity index is 958. The third-order valence-corrected chi connectivity index (χ3v) is 3.46. The summed E-state index contributed by atoms with van der Waals surface area (Å²) in [7, 11) is 1.58. The Morgan fingerprint density at radius 1 is 1.17 bits per heavy atom. The van der Waals surface area contributed by atoms with Crippen LogP contribution in [0, 0.1) is 6.92 Å². The zero-order valence-corrected chi connectivity index (χ0v) is 12.9. The molecule has 3 aromatic rings. The van der Waals surface area contributed by atoms with Crippen LogP contribution in [0.1, 0.15) is 15.9 Å². The fourth-order valence-corrected chi connectivity index (χ4v) is 2.30. The highest BCUT2D eigenvalue weighted by atomic mass is 16.5. The average Bonchev–Trinajstić information content (AvgIpc) is 2.53. The highest BCUT2D eigenvalue weighted by molar-refractivity contribution is 5.95. The van der Waals surface area contributed by atoms with Crippen molar-refractivity contribution in [3.63, 3.8) is 0 Å². The van der Waals surface area contributed by atoms with Crippen molar-refractivity contribution in [1.82, 2.24) is 0 Å². The molecule has 116 valence electrons. The first-order valence-electron chi connectivity index (χ1n) is 7.10. The van der Waals surface area contributed by atoms with E-state index in [2.05, 4.69) is 4.99 Å². The molecule has 0 spiro atoms. The highest BCUT2D eigenvalue weighted by Crippen LogP contribution is 2.21. The van der Waals surface area contributed by atoms with Gasteiger partial charge in [0.25, 0.3) is 5.91 Å². The van der Waals surface area contributed by atoms with Crippen molar-refractivity contribution in [1.29, 1.82) is 0 Å². The van der Waals surface area contributed by atoms with E-state index in [4.69, 9.17) is 14.9 Å². The molecule has 0 fully saturated rings. The molecule has 0 bridgehead atoms. The van der Waals surface area contributed by atoms with Crippen LogP contribution in [0.4, 0.5) is 5.69 Å². The van der Waals surface area contributed by atoms with Crippen LogP contribution in [0.3, 0.4) is 0 Å². The molecule has 1 aromatic heterocycles. The van der Waals surface area contributed by atoms with Gasteiger partial charge in [-0.05, 0) is 42.8 Å². The van der Waals surface area contributed by atoms with Crippen LogP contribution in [-0.2, 0) is 0 Å². The number of primary amides is 1. The van der Waals surface area contributed by atoms with Crippen LogP contribution in [0.5, 0.6) is 5.75 Å². The molecule has 2 aromatic carbocycles. The number of benzene rings is 2. The Labute approximate surface area is 133 Å². The smallest absolute Gasteiger partial charge is 0.254 e. The molecule has 2 N–H and O–H groups in total. The van der Waals surface area contributed by atoms with Gasteiger partial charge < -0.3 is 14.9 Å². The molecule has 5 nitrogen and oxygen atoms in total.